The second kappa shape index (κ2) is 10.5. The van der Waals surface area contributed by atoms with Crippen molar-refractivity contribution in [1.29, 1.82) is 0 Å². The van der Waals surface area contributed by atoms with Crippen molar-refractivity contribution in [3.63, 3.8) is 0 Å². The van der Waals surface area contributed by atoms with Gasteiger partial charge in [0, 0.05) is 15.7 Å². The summed E-state index contributed by atoms with van der Waals surface area (Å²) < 4.78 is 13.9. The van der Waals surface area contributed by atoms with Gasteiger partial charge in [-0.2, -0.15) is 0 Å². The van der Waals surface area contributed by atoms with Crippen LogP contribution in [0.2, 0.25) is 0 Å². The molecule has 10 heteroatoms. The molecule has 0 unspecified atom stereocenters. The van der Waals surface area contributed by atoms with Crippen LogP contribution in [-0.2, 0) is 4.79 Å². The average molecular weight is 506 g/mol. The largest absolute Gasteiger partial charge is 0.326 e. The summed E-state index contributed by atoms with van der Waals surface area (Å²) in [5.41, 5.74) is 1.30. The number of nitrogens with one attached hydrogen (secondary N) is 3. The molecule has 2 atom stereocenters. The maximum Gasteiger partial charge on any atom is 0.319 e. The van der Waals surface area contributed by atoms with Gasteiger partial charge in [-0.25, -0.2) is 9.18 Å². The highest BCUT2D eigenvalue weighted by atomic mass is 79.9. The Balaban J connectivity index is 1.67. The van der Waals surface area contributed by atoms with Crippen LogP contribution >= 0.6 is 27.3 Å². The first-order chi connectivity index (χ1) is 14.9. The molecule has 0 bridgehead atoms. The molecule has 162 valence electrons. The van der Waals surface area contributed by atoms with E-state index in [9.17, 15) is 14.0 Å². The zero-order chi connectivity index (χ0) is 22.4. The number of nitrogens with zero attached hydrogens (tertiary/aromatic N) is 2. The highest BCUT2D eigenvalue weighted by molar-refractivity contribution is 9.10. The van der Waals surface area contributed by atoms with Crippen LogP contribution in [-0.4, -0.2) is 28.2 Å². The predicted octanol–water partition coefficient (Wildman–Crippen LogP) is 5.28. The van der Waals surface area contributed by atoms with Gasteiger partial charge in [-0.3, -0.25) is 10.1 Å². The molecule has 0 saturated heterocycles. The molecule has 3 rings (SSSR count). The number of urea groups is 1. The fourth-order valence-electron chi connectivity index (χ4n) is 2.74. The van der Waals surface area contributed by atoms with E-state index in [1.807, 2.05) is 19.9 Å². The molecule has 1 heterocycles. The summed E-state index contributed by atoms with van der Waals surface area (Å²) in [6.45, 7) is 3.82. The van der Waals surface area contributed by atoms with Crippen molar-refractivity contribution in [2.75, 3.05) is 10.6 Å². The minimum Gasteiger partial charge on any atom is -0.326 e. The van der Waals surface area contributed by atoms with Gasteiger partial charge in [0.2, 0.25) is 11.0 Å². The van der Waals surface area contributed by atoms with E-state index < -0.39 is 12.1 Å². The first-order valence-electron chi connectivity index (χ1n) is 9.59. The van der Waals surface area contributed by atoms with E-state index in [1.54, 1.807) is 30.3 Å². The van der Waals surface area contributed by atoms with Crippen LogP contribution in [0.25, 0.3) is 10.6 Å². The summed E-state index contributed by atoms with van der Waals surface area (Å²) in [4.78, 5) is 25.3. The summed E-state index contributed by atoms with van der Waals surface area (Å²) in [6, 6.07) is 11.8. The van der Waals surface area contributed by atoms with Crippen molar-refractivity contribution in [3.05, 3.63) is 58.8 Å². The first kappa shape index (κ1) is 22.8. The number of hydrogen-bond donors (Lipinski definition) is 3. The van der Waals surface area contributed by atoms with Crippen LogP contribution < -0.4 is 16.0 Å². The van der Waals surface area contributed by atoms with Crippen molar-refractivity contribution >= 4 is 50.0 Å². The van der Waals surface area contributed by atoms with Crippen LogP contribution in [0.5, 0.6) is 0 Å². The van der Waals surface area contributed by atoms with E-state index in [2.05, 4.69) is 42.1 Å². The Hall–Kier alpha value is -2.85. The summed E-state index contributed by atoms with van der Waals surface area (Å²) in [5, 5.41) is 17.1. The lowest BCUT2D eigenvalue weighted by atomic mass is 9.98. The van der Waals surface area contributed by atoms with Gasteiger partial charge in [-0.15, -0.1) is 10.2 Å². The fraction of sp³-hybridized carbons (Fsp3) is 0.238. The molecule has 0 aliphatic heterocycles. The third-order valence-electron chi connectivity index (χ3n) is 4.61. The molecular formula is C21H21BrFN5O2S. The quantitative estimate of drug-likeness (QED) is 0.406. The van der Waals surface area contributed by atoms with E-state index >= 15 is 0 Å². The van der Waals surface area contributed by atoms with Gasteiger partial charge < -0.3 is 10.6 Å². The maximum atomic E-state index is 13.1. The SMILES string of the molecule is CC[C@H](C)[C@@H](NC(=O)Nc1cccc(Br)c1)C(=O)Nc1nnc(-c2ccc(F)cc2)s1. The Labute approximate surface area is 191 Å². The molecule has 7 nitrogen and oxygen atoms in total. The minimum atomic E-state index is -0.768. The minimum absolute atomic E-state index is 0.113. The van der Waals surface area contributed by atoms with Gasteiger partial charge in [-0.05, 0) is 48.4 Å². The summed E-state index contributed by atoms with van der Waals surface area (Å²) in [7, 11) is 0. The summed E-state index contributed by atoms with van der Waals surface area (Å²) in [5.74, 6) is -0.844. The van der Waals surface area contributed by atoms with E-state index in [0.29, 0.717) is 27.8 Å². The molecule has 0 aliphatic carbocycles. The van der Waals surface area contributed by atoms with Crippen LogP contribution in [0.15, 0.2) is 53.0 Å². The van der Waals surface area contributed by atoms with E-state index in [4.69, 9.17) is 0 Å². The normalized spacial score (nSPS) is 12.6. The van der Waals surface area contributed by atoms with Crippen LogP contribution in [0, 0.1) is 11.7 Å². The summed E-state index contributed by atoms with van der Waals surface area (Å²) >= 11 is 4.52. The Morgan fingerprint density at radius 3 is 2.55 bits per heavy atom. The number of amides is 3. The second-order valence-corrected chi connectivity index (χ2v) is 8.77. The van der Waals surface area contributed by atoms with Gasteiger partial charge in [-0.1, -0.05) is 53.6 Å². The molecule has 3 N–H and O–H groups in total. The Bertz CT molecular complexity index is 1060. The number of halogens is 2. The van der Waals surface area contributed by atoms with Crippen molar-refractivity contribution in [1.82, 2.24) is 15.5 Å². The molecule has 3 aromatic rings. The highest BCUT2D eigenvalue weighted by Crippen LogP contribution is 2.26. The number of carbonyl (C=O) groups excluding carboxylic acids is 2. The smallest absolute Gasteiger partial charge is 0.319 e. The molecular weight excluding hydrogens is 485 g/mol. The molecule has 0 saturated carbocycles. The Kier molecular flexibility index (Phi) is 7.69. The number of carbonyl (C=O) groups is 2. The van der Waals surface area contributed by atoms with Gasteiger partial charge in [0.15, 0.2) is 0 Å². The van der Waals surface area contributed by atoms with Gasteiger partial charge >= 0.3 is 6.03 Å². The molecule has 2 aromatic carbocycles. The molecule has 0 spiro atoms. The molecule has 0 fully saturated rings. The Morgan fingerprint density at radius 2 is 1.87 bits per heavy atom. The zero-order valence-electron chi connectivity index (χ0n) is 16.9. The fourth-order valence-corrected chi connectivity index (χ4v) is 3.89. The molecule has 3 amide bonds. The third-order valence-corrected chi connectivity index (χ3v) is 5.99. The van der Waals surface area contributed by atoms with Crippen molar-refractivity contribution in [3.8, 4) is 10.6 Å². The lowest BCUT2D eigenvalue weighted by molar-refractivity contribution is -0.119. The van der Waals surface area contributed by atoms with Gasteiger partial charge in [0.05, 0.1) is 0 Å². The van der Waals surface area contributed by atoms with Gasteiger partial charge in [0.1, 0.15) is 16.9 Å². The van der Waals surface area contributed by atoms with E-state index in [-0.39, 0.29) is 17.6 Å². The zero-order valence-corrected chi connectivity index (χ0v) is 19.3. The lowest BCUT2D eigenvalue weighted by Gasteiger charge is -2.23. The Morgan fingerprint density at radius 1 is 1.13 bits per heavy atom. The van der Waals surface area contributed by atoms with Crippen LogP contribution in [0.3, 0.4) is 0 Å². The monoisotopic (exact) mass is 505 g/mol. The molecule has 0 radical (unpaired) electrons. The van der Waals surface area contributed by atoms with Crippen molar-refractivity contribution in [2.24, 2.45) is 5.92 Å². The number of hydrogen-bond acceptors (Lipinski definition) is 5. The number of benzene rings is 2. The topological polar surface area (TPSA) is 96.0 Å². The first-order valence-corrected chi connectivity index (χ1v) is 11.2. The maximum absolute atomic E-state index is 13.1. The summed E-state index contributed by atoms with van der Waals surface area (Å²) in [6.07, 6.45) is 0.687. The predicted molar refractivity (Wildman–Crippen MR) is 123 cm³/mol. The molecule has 31 heavy (non-hydrogen) atoms. The highest BCUT2D eigenvalue weighted by Gasteiger charge is 2.27. The van der Waals surface area contributed by atoms with Crippen molar-refractivity contribution in [2.45, 2.75) is 26.3 Å². The van der Waals surface area contributed by atoms with Crippen LogP contribution in [0.4, 0.5) is 20.0 Å². The average Bonchev–Trinajstić information content (AvgIpc) is 3.20. The number of rotatable bonds is 7. The van der Waals surface area contributed by atoms with E-state index in [1.165, 1.54) is 23.5 Å². The lowest BCUT2D eigenvalue weighted by Crippen LogP contribution is -2.49. The second-order valence-electron chi connectivity index (χ2n) is 6.88. The van der Waals surface area contributed by atoms with Crippen molar-refractivity contribution < 1.29 is 14.0 Å². The number of aromatic nitrogens is 2. The van der Waals surface area contributed by atoms with Gasteiger partial charge in [0.25, 0.3) is 0 Å². The van der Waals surface area contributed by atoms with Crippen LogP contribution in [0.1, 0.15) is 20.3 Å². The number of anilines is 2. The standard InChI is InChI=1S/C21H21BrFN5O2S/c1-3-12(2)17(25-20(30)24-16-6-4-5-14(22)11-16)18(29)26-21-28-27-19(31-21)13-7-9-15(23)10-8-13/h4-12,17H,3H2,1-2H3,(H2,24,25,30)(H,26,28,29)/t12-,17+/m0/s1. The molecule has 0 aliphatic rings. The third kappa shape index (κ3) is 6.31. The molecule has 1 aromatic heterocycles. The van der Waals surface area contributed by atoms with E-state index in [0.717, 1.165) is 4.47 Å².